The standard InChI is InChI=1S/C10H5ClFNO3S/c11-8-4-17-10(13-8)16-5-1-2-6(9(14)15)7(12)3-5/h1-4H,(H,14,15). The summed E-state index contributed by atoms with van der Waals surface area (Å²) >= 11 is 6.75. The lowest BCUT2D eigenvalue weighted by molar-refractivity contribution is 0.0692. The van der Waals surface area contributed by atoms with Crippen molar-refractivity contribution in [2.45, 2.75) is 0 Å². The molecule has 88 valence electrons. The number of ether oxygens (including phenoxy) is 1. The fourth-order valence-electron chi connectivity index (χ4n) is 1.12. The van der Waals surface area contributed by atoms with E-state index in [9.17, 15) is 9.18 Å². The van der Waals surface area contributed by atoms with Crippen molar-refractivity contribution in [3.05, 3.63) is 40.1 Å². The summed E-state index contributed by atoms with van der Waals surface area (Å²) in [4.78, 5) is 14.4. The van der Waals surface area contributed by atoms with Crippen molar-refractivity contribution < 1.29 is 19.0 Å². The number of benzene rings is 1. The molecule has 0 amide bonds. The van der Waals surface area contributed by atoms with Gasteiger partial charge >= 0.3 is 5.97 Å². The topological polar surface area (TPSA) is 59.4 Å². The van der Waals surface area contributed by atoms with Crippen LogP contribution in [-0.4, -0.2) is 16.1 Å². The average molecular weight is 274 g/mol. The van der Waals surface area contributed by atoms with Gasteiger partial charge in [-0.1, -0.05) is 22.9 Å². The van der Waals surface area contributed by atoms with Crippen LogP contribution in [0.5, 0.6) is 10.9 Å². The maximum atomic E-state index is 13.3. The van der Waals surface area contributed by atoms with E-state index in [2.05, 4.69) is 4.98 Å². The Balaban J connectivity index is 2.23. The second-order valence-electron chi connectivity index (χ2n) is 2.99. The highest BCUT2D eigenvalue weighted by atomic mass is 35.5. The Hall–Kier alpha value is -1.66. The summed E-state index contributed by atoms with van der Waals surface area (Å²) < 4.78 is 18.5. The maximum absolute atomic E-state index is 13.3. The molecule has 0 aliphatic rings. The Kier molecular flexibility index (Phi) is 3.26. The van der Waals surface area contributed by atoms with Crippen molar-refractivity contribution in [2.75, 3.05) is 0 Å². The minimum atomic E-state index is -1.33. The Bertz CT molecular complexity index is 572. The van der Waals surface area contributed by atoms with Gasteiger partial charge in [-0.15, -0.1) is 0 Å². The quantitative estimate of drug-likeness (QED) is 0.931. The molecule has 0 spiro atoms. The zero-order chi connectivity index (χ0) is 12.4. The van der Waals surface area contributed by atoms with Gasteiger partial charge < -0.3 is 9.84 Å². The molecule has 2 rings (SSSR count). The lowest BCUT2D eigenvalue weighted by atomic mass is 10.2. The molecule has 17 heavy (non-hydrogen) atoms. The van der Waals surface area contributed by atoms with Crippen LogP contribution in [0.25, 0.3) is 0 Å². The predicted molar refractivity (Wildman–Crippen MR) is 60.6 cm³/mol. The first kappa shape index (κ1) is 11.8. The van der Waals surface area contributed by atoms with Crippen LogP contribution in [0.15, 0.2) is 23.6 Å². The molecule has 0 aliphatic heterocycles. The van der Waals surface area contributed by atoms with Crippen LogP contribution in [-0.2, 0) is 0 Å². The van der Waals surface area contributed by atoms with Crippen molar-refractivity contribution in [2.24, 2.45) is 0 Å². The van der Waals surface area contributed by atoms with Crippen molar-refractivity contribution in [1.29, 1.82) is 0 Å². The number of nitrogens with zero attached hydrogens (tertiary/aromatic N) is 1. The monoisotopic (exact) mass is 273 g/mol. The van der Waals surface area contributed by atoms with Crippen LogP contribution in [0.4, 0.5) is 4.39 Å². The number of aromatic nitrogens is 1. The summed E-state index contributed by atoms with van der Waals surface area (Å²) in [6.45, 7) is 0. The number of rotatable bonds is 3. The summed E-state index contributed by atoms with van der Waals surface area (Å²) in [6.07, 6.45) is 0. The van der Waals surface area contributed by atoms with Gasteiger partial charge in [-0.25, -0.2) is 9.18 Å². The Morgan fingerprint density at radius 1 is 1.53 bits per heavy atom. The van der Waals surface area contributed by atoms with E-state index in [-0.39, 0.29) is 16.1 Å². The largest absolute Gasteiger partial charge is 0.478 e. The molecule has 1 aromatic carbocycles. The highest BCUT2D eigenvalue weighted by Crippen LogP contribution is 2.27. The summed E-state index contributed by atoms with van der Waals surface area (Å²) in [5.74, 6) is -2.03. The molecular formula is C10H5ClFNO3S. The molecular weight excluding hydrogens is 269 g/mol. The minimum Gasteiger partial charge on any atom is -0.478 e. The second-order valence-corrected chi connectivity index (χ2v) is 4.19. The lowest BCUT2D eigenvalue weighted by Gasteiger charge is -2.03. The first-order chi connectivity index (χ1) is 8.06. The number of thiazole rings is 1. The molecule has 1 heterocycles. The summed E-state index contributed by atoms with van der Waals surface area (Å²) in [7, 11) is 0. The molecule has 0 fully saturated rings. The van der Waals surface area contributed by atoms with Gasteiger partial charge in [-0.3, -0.25) is 0 Å². The predicted octanol–water partition coefficient (Wildman–Crippen LogP) is 3.43. The molecule has 2 aromatic rings. The third-order valence-corrected chi connectivity index (χ3v) is 2.87. The Morgan fingerprint density at radius 3 is 2.82 bits per heavy atom. The Labute approximate surface area is 104 Å². The highest BCUT2D eigenvalue weighted by molar-refractivity contribution is 7.11. The van der Waals surface area contributed by atoms with Crippen molar-refractivity contribution in [3.63, 3.8) is 0 Å². The molecule has 0 atom stereocenters. The summed E-state index contributed by atoms with van der Waals surface area (Å²) in [5.41, 5.74) is -0.408. The SMILES string of the molecule is O=C(O)c1ccc(Oc2nc(Cl)cs2)cc1F. The molecule has 0 unspecified atom stereocenters. The van der Waals surface area contributed by atoms with Crippen LogP contribution in [0.2, 0.25) is 5.15 Å². The van der Waals surface area contributed by atoms with Gasteiger partial charge in [0.05, 0.1) is 5.56 Å². The van der Waals surface area contributed by atoms with Gasteiger partial charge in [0.25, 0.3) is 5.19 Å². The molecule has 0 saturated heterocycles. The molecule has 0 radical (unpaired) electrons. The summed E-state index contributed by atoms with van der Waals surface area (Å²) in [5, 5.41) is 10.8. The molecule has 0 aliphatic carbocycles. The number of hydrogen-bond acceptors (Lipinski definition) is 4. The molecule has 4 nitrogen and oxygen atoms in total. The zero-order valence-corrected chi connectivity index (χ0v) is 9.76. The number of halogens is 2. The fourth-order valence-corrected chi connectivity index (χ4v) is 1.93. The molecule has 0 saturated carbocycles. The van der Waals surface area contributed by atoms with E-state index in [0.29, 0.717) is 0 Å². The van der Waals surface area contributed by atoms with Crippen LogP contribution >= 0.6 is 22.9 Å². The van der Waals surface area contributed by atoms with Crippen LogP contribution in [0, 0.1) is 5.82 Å². The van der Waals surface area contributed by atoms with Crippen LogP contribution < -0.4 is 4.74 Å². The second kappa shape index (κ2) is 4.68. The van der Waals surface area contributed by atoms with Crippen LogP contribution in [0.1, 0.15) is 10.4 Å². The van der Waals surface area contributed by atoms with E-state index in [1.807, 2.05) is 0 Å². The number of carboxylic acids is 1. The van der Waals surface area contributed by atoms with E-state index < -0.39 is 17.3 Å². The number of carbonyl (C=O) groups is 1. The van der Waals surface area contributed by atoms with Gasteiger partial charge in [-0.2, -0.15) is 4.98 Å². The van der Waals surface area contributed by atoms with Gasteiger partial charge in [0.2, 0.25) is 0 Å². The molecule has 1 aromatic heterocycles. The van der Waals surface area contributed by atoms with Gasteiger partial charge in [0.1, 0.15) is 16.7 Å². The third-order valence-electron chi connectivity index (χ3n) is 1.83. The smallest absolute Gasteiger partial charge is 0.338 e. The zero-order valence-electron chi connectivity index (χ0n) is 8.18. The van der Waals surface area contributed by atoms with Crippen molar-refractivity contribution in [1.82, 2.24) is 4.98 Å². The number of carboxylic acid groups (broad SMARTS) is 1. The lowest BCUT2D eigenvalue weighted by Crippen LogP contribution is -2.00. The van der Waals surface area contributed by atoms with Crippen molar-refractivity contribution in [3.8, 4) is 10.9 Å². The average Bonchev–Trinajstić information content (AvgIpc) is 2.63. The Morgan fingerprint density at radius 2 is 2.29 bits per heavy atom. The molecule has 7 heteroatoms. The van der Waals surface area contributed by atoms with Gasteiger partial charge in [0.15, 0.2) is 0 Å². The number of aromatic carboxylic acids is 1. The summed E-state index contributed by atoms with van der Waals surface area (Å²) in [6, 6.07) is 3.46. The molecule has 0 bridgehead atoms. The molecule has 1 N–H and O–H groups in total. The number of hydrogen-bond donors (Lipinski definition) is 1. The minimum absolute atomic E-state index is 0.165. The normalized spacial score (nSPS) is 10.2. The first-order valence-corrected chi connectivity index (χ1v) is 5.64. The van der Waals surface area contributed by atoms with E-state index >= 15 is 0 Å². The maximum Gasteiger partial charge on any atom is 0.338 e. The van der Waals surface area contributed by atoms with Gasteiger partial charge in [-0.05, 0) is 12.1 Å². The van der Waals surface area contributed by atoms with Crippen LogP contribution in [0.3, 0.4) is 0 Å². The van der Waals surface area contributed by atoms with Crippen molar-refractivity contribution >= 4 is 28.9 Å². The van der Waals surface area contributed by atoms with Gasteiger partial charge in [0, 0.05) is 11.4 Å². The van der Waals surface area contributed by atoms with E-state index in [1.54, 1.807) is 5.38 Å². The van der Waals surface area contributed by atoms with E-state index in [4.69, 9.17) is 21.4 Å². The van der Waals surface area contributed by atoms with E-state index in [0.717, 1.165) is 23.5 Å². The first-order valence-electron chi connectivity index (χ1n) is 4.38. The highest BCUT2D eigenvalue weighted by Gasteiger charge is 2.12. The third kappa shape index (κ3) is 2.72. The van der Waals surface area contributed by atoms with E-state index in [1.165, 1.54) is 6.07 Å². The fraction of sp³-hybridized carbons (Fsp3) is 0.